The van der Waals surface area contributed by atoms with Crippen LogP contribution in [-0.4, -0.2) is 5.97 Å². The molecule has 0 aliphatic carbocycles. The molecule has 0 N–H and O–H groups in total. The fourth-order valence-corrected chi connectivity index (χ4v) is 2.65. The molecule has 0 heterocycles. The van der Waals surface area contributed by atoms with Gasteiger partial charge >= 0.3 is 5.97 Å². The van der Waals surface area contributed by atoms with E-state index in [-0.39, 0.29) is 23.2 Å². The fourth-order valence-electron chi connectivity index (χ4n) is 2.32. The Hall–Kier alpha value is -2.03. The SMILES string of the molecule is O=C(Cc1cccc2ccccc12)Oc1cccc(Cl)c1Cl. The molecule has 4 heteroatoms. The summed E-state index contributed by atoms with van der Waals surface area (Å²) in [5, 5.41) is 2.74. The van der Waals surface area contributed by atoms with Crippen LogP contribution in [0.15, 0.2) is 60.7 Å². The smallest absolute Gasteiger partial charge is 0.315 e. The monoisotopic (exact) mass is 330 g/mol. The number of fused-ring (bicyclic) bond motifs is 1. The molecular weight excluding hydrogens is 319 g/mol. The number of esters is 1. The van der Waals surface area contributed by atoms with Crippen molar-refractivity contribution in [3.05, 3.63) is 76.3 Å². The second-order valence-corrected chi connectivity index (χ2v) is 5.63. The highest BCUT2D eigenvalue weighted by Gasteiger charge is 2.12. The third-order valence-electron chi connectivity index (χ3n) is 3.35. The van der Waals surface area contributed by atoms with Crippen molar-refractivity contribution in [2.24, 2.45) is 0 Å². The number of ether oxygens (including phenoxy) is 1. The van der Waals surface area contributed by atoms with Gasteiger partial charge in [-0.1, -0.05) is 71.7 Å². The average Bonchev–Trinajstić information content (AvgIpc) is 2.52. The summed E-state index contributed by atoms with van der Waals surface area (Å²) in [5.41, 5.74) is 0.918. The van der Waals surface area contributed by atoms with Crippen LogP contribution >= 0.6 is 23.2 Å². The zero-order valence-corrected chi connectivity index (χ0v) is 13.1. The van der Waals surface area contributed by atoms with E-state index in [1.165, 1.54) is 0 Å². The summed E-state index contributed by atoms with van der Waals surface area (Å²) in [6, 6.07) is 18.7. The van der Waals surface area contributed by atoms with Gasteiger partial charge in [0.15, 0.2) is 5.75 Å². The van der Waals surface area contributed by atoms with Crippen molar-refractivity contribution < 1.29 is 9.53 Å². The Bertz CT molecular complexity index is 838. The molecule has 0 atom stereocenters. The molecule has 0 aromatic heterocycles. The molecule has 3 aromatic rings. The zero-order chi connectivity index (χ0) is 15.5. The Morgan fingerprint density at radius 2 is 1.64 bits per heavy atom. The second kappa shape index (κ2) is 6.39. The molecule has 22 heavy (non-hydrogen) atoms. The molecule has 0 aliphatic heterocycles. The summed E-state index contributed by atoms with van der Waals surface area (Å²) in [7, 11) is 0. The van der Waals surface area contributed by atoms with Crippen LogP contribution in [0.1, 0.15) is 5.56 Å². The molecule has 0 amide bonds. The van der Waals surface area contributed by atoms with E-state index in [1.54, 1.807) is 18.2 Å². The van der Waals surface area contributed by atoms with Crippen molar-refractivity contribution in [1.82, 2.24) is 0 Å². The normalized spacial score (nSPS) is 10.6. The highest BCUT2D eigenvalue weighted by atomic mass is 35.5. The predicted octanol–water partition coefficient (Wildman–Crippen LogP) is 5.29. The maximum atomic E-state index is 12.2. The van der Waals surface area contributed by atoms with E-state index in [1.807, 2.05) is 42.5 Å². The largest absolute Gasteiger partial charge is 0.425 e. The minimum Gasteiger partial charge on any atom is -0.425 e. The number of benzene rings is 3. The Labute approximate surface area is 138 Å². The molecule has 2 nitrogen and oxygen atoms in total. The topological polar surface area (TPSA) is 26.3 Å². The van der Waals surface area contributed by atoms with E-state index in [0.717, 1.165) is 16.3 Å². The van der Waals surface area contributed by atoms with Crippen molar-refractivity contribution in [3.8, 4) is 5.75 Å². The van der Waals surface area contributed by atoms with Crippen molar-refractivity contribution in [2.75, 3.05) is 0 Å². The zero-order valence-electron chi connectivity index (χ0n) is 11.6. The van der Waals surface area contributed by atoms with Crippen molar-refractivity contribution in [1.29, 1.82) is 0 Å². The van der Waals surface area contributed by atoms with E-state index in [0.29, 0.717) is 5.02 Å². The first kappa shape index (κ1) is 14.9. The van der Waals surface area contributed by atoms with Gasteiger partial charge in [-0.15, -0.1) is 0 Å². The van der Waals surface area contributed by atoms with Crippen LogP contribution in [0.25, 0.3) is 10.8 Å². The first-order valence-electron chi connectivity index (χ1n) is 6.76. The molecule has 0 saturated carbocycles. The lowest BCUT2D eigenvalue weighted by atomic mass is 10.0. The second-order valence-electron chi connectivity index (χ2n) is 4.84. The standard InChI is InChI=1S/C18H12Cl2O2/c19-15-9-4-10-16(18(15)20)22-17(21)11-13-7-3-6-12-5-1-2-8-14(12)13/h1-10H,11H2. The molecule has 0 aliphatic rings. The Morgan fingerprint density at radius 3 is 2.50 bits per heavy atom. The summed E-state index contributed by atoms with van der Waals surface area (Å²) < 4.78 is 5.32. The third-order valence-corrected chi connectivity index (χ3v) is 4.16. The maximum Gasteiger partial charge on any atom is 0.315 e. The molecule has 0 bridgehead atoms. The van der Waals surface area contributed by atoms with E-state index in [4.69, 9.17) is 27.9 Å². The van der Waals surface area contributed by atoms with Gasteiger partial charge in [0.05, 0.1) is 11.4 Å². The Kier molecular flexibility index (Phi) is 4.32. The lowest BCUT2D eigenvalue weighted by molar-refractivity contribution is -0.133. The lowest BCUT2D eigenvalue weighted by Gasteiger charge is -2.09. The van der Waals surface area contributed by atoms with Crippen molar-refractivity contribution in [2.45, 2.75) is 6.42 Å². The molecule has 3 aromatic carbocycles. The highest BCUT2D eigenvalue weighted by molar-refractivity contribution is 6.43. The van der Waals surface area contributed by atoms with Crippen LogP contribution in [-0.2, 0) is 11.2 Å². The molecule has 0 fully saturated rings. The van der Waals surface area contributed by atoms with Gasteiger partial charge in [-0.05, 0) is 28.5 Å². The summed E-state index contributed by atoms with van der Waals surface area (Å²) in [5.74, 6) is -0.0973. The van der Waals surface area contributed by atoms with Crippen LogP contribution in [0, 0.1) is 0 Å². The highest BCUT2D eigenvalue weighted by Crippen LogP contribution is 2.31. The first-order valence-corrected chi connectivity index (χ1v) is 7.52. The number of hydrogen-bond donors (Lipinski definition) is 0. The quantitative estimate of drug-likeness (QED) is 0.481. The third kappa shape index (κ3) is 3.08. The predicted molar refractivity (Wildman–Crippen MR) is 89.7 cm³/mol. The van der Waals surface area contributed by atoms with E-state index in [9.17, 15) is 4.79 Å². The van der Waals surface area contributed by atoms with E-state index in [2.05, 4.69) is 0 Å². The number of hydrogen-bond acceptors (Lipinski definition) is 2. The van der Waals surface area contributed by atoms with Crippen LogP contribution in [0.3, 0.4) is 0 Å². The van der Waals surface area contributed by atoms with Gasteiger partial charge in [0, 0.05) is 0 Å². The van der Waals surface area contributed by atoms with Crippen molar-refractivity contribution in [3.63, 3.8) is 0 Å². The molecule has 0 radical (unpaired) electrons. The van der Waals surface area contributed by atoms with Gasteiger partial charge in [-0.2, -0.15) is 0 Å². The van der Waals surface area contributed by atoms with Crippen LogP contribution in [0.5, 0.6) is 5.75 Å². The van der Waals surface area contributed by atoms with Crippen LogP contribution < -0.4 is 4.74 Å². The molecule has 110 valence electrons. The van der Waals surface area contributed by atoms with E-state index < -0.39 is 0 Å². The summed E-state index contributed by atoms with van der Waals surface area (Å²) in [6.45, 7) is 0. The fraction of sp³-hybridized carbons (Fsp3) is 0.0556. The first-order chi connectivity index (χ1) is 10.6. The van der Waals surface area contributed by atoms with Gasteiger partial charge in [-0.25, -0.2) is 0 Å². The molecule has 3 rings (SSSR count). The molecule has 0 spiro atoms. The van der Waals surface area contributed by atoms with Crippen molar-refractivity contribution >= 4 is 39.9 Å². The van der Waals surface area contributed by atoms with Gasteiger partial charge in [0.25, 0.3) is 0 Å². The lowest BCUT2D eigenvalue weighted by Crippen LogP contribution is -2.11. The summed E-state index contributed by atoms with van der Waals surface area (Å²) in [4.78, 5) is 12.2. The number of carbonyl (C=O) groups is 1. The average molecular weight is 331 g/mol. The Balaban J connectivity index is 1.83. The maximum absolute atomic E-state index is 12.2. The minimum atomic E-state index is -0.375. The minimum absolute atomic E-state index is 0.171. The summed E-state index contributed by atoms with van der Waals surface area (Å²) >= 11 is 11.9. The van der Waals surface area contributed by atoms with Gasteiger partial charge in [-0.3, -0.25) is 4.79 Å². The Morgan fingerprint density at radius 1 is 0.909 bits per heavy atom. The van der Waals surface area contributed by atoms with Gasteiger partial charge in [0.1, 0.15) is 5.02 Å². The summed E-state index contributed by atoms with van der Waals surface area (Å²) in [6.07, 6.45) is 0.171. The van der Waals surface area contributed by atoms with Crippen LogP contribution in [0.4, 0.5) is 0 Å². The molecular formula is C18H12Cl2O2. The number of rotatable bonds is 3. The number of carbonyl (C=O) groups excluding carboxylic acids is 1. The van der Waals surface area contributed by atoms with Gasteiger partial charge < -0.3 is 4.74 Å². The number of halogens is 2. The van der Waals surface area contributed by atoms with Gasteiger partial charge in [0.2, 0.25) is 0 Å². The molecule has 0 saturated heterocycles. The molecule has 0 unspecified atom stereocenters. The van der Waals surface area contributed by atoms with Crippen LogP contribution in [0.2, 0.25) is 10.0 Å². The van der Waals surface area contributed by atoms with E-state index >= 15 is 0 Å².